The quantitative estimate of drug-likeness (QED) is 0.903. The molecule has 1 unspecified atom stereocenters. The lowest BCUT2D eigenvalue weighted by Gasteiger charge is -2.17. The molecule has 100 valence electrons. The van der Waals surface area contributed by atoms with E-state index >= 15 is 0 Å². The monoisotopic (exact) mass is 322 g/mol. The van der Waals surface area contributed by atoms with E-state index in [2.05, 4.69) is 26.2 Å². The molecule has 0 aliphatic rings. The van der Waals surface area contributed by atoms with E-state index in [4.69, 9.17) is 0 Å². The highest BCUT2D eigenvalue weighted by Crippen LogP contribution is 2.24. The van der Waals surface area contributed by atoms with Gasteiger partial charge in [0.25, 0.3) is 0 Å². The lowest BCUT2D eigenvalue weighted by atomic mass is 9.99. The van der Waals surface area contributed by atoms with Crippen molar-refractivity contribution in [3.8, 4) is 0 Å². The van der Waals surface area contributed by atoms with Crippen molar-refractivity contribution in [2.24, 2.45) is 0 Å². The highest BCUT2D eigenvalue weighted by molar-refractivity contribution is 9.10. The molecule has 0 bridgehead atoms. The first kappa shape index (κ1) is 14.2. The van der Waals surface area contributed by atoms with E-state index in [0.29, 0.717) is 5.56 Å². The summed E-state index contributed by atoms with van der Waals surface area (Å²) in [7, 11) is 1.86. The Kier molecular flexibility index (Phi) is 5.05. The molecule has 19 heavy (non-hydrogen) atoms. The maximum absolute atomic E-state index is 13.9. The van der Waals surface area contributed by atoms with Crippen LogP contribution in [0.25, 0.3) is 0 Å². The summed E-state index contributed by atoms with van der Waals surface area (Å²) in [6.45, 7) is 0. The molecule has 0 radical (unpaired) electrons. The third-order valence-corrected chi connectivity index (χ3v) is 3.62. The molecule has 1 aromatic heterocycles. The number of halogens is 2. The predicted octanol–water partition coefficient (Wildman–Crippen LogP) is 3.88. The number of benzene rings is 1. The molecule has 1 atom stereocenters. The van der Waals surface area contributed by atoms with Gasteiger partial charge in [-0.05, 0) is 49.7 Å². The van der Waals surface area contributed by atoms with Crippen LogP contribution < -0.4 is 5.32 Å². The summed E-state index contributed by atoms with van der Waals surface area (Å²) in [6.07, 6.45) is 5.30. The van der Waals surface area contributed by atoms with Crippen molar-refractivity contribution in [3.63, 3.8) is 0 Å². The van der Waals surface area contributed by atoms with Crippen molar-refractivity contribution in [1.29, 1.82) is 0 Å². The average molecular weight is 323 g/mol. The second kappa shape index (κ2) is 6.78. The largest absolute Gasteiger partial charge is 0.313 e. The van der Waals surface area contributed by atoms with Gasteiger partial charge in [0.15, 0.2) is 0 Å². The normalized spacial score (nSPS) is 12.4. The van der Waals surface area contributed by atoms with Gasteiger partial charge in [-0.15, -0.1) is 0 Å². The Hall–Kier alpha value is -1.26. The van der Waals surface area contributed by atoms with Gasteiger partial charge in [0.05, 0.1) is 0 Å². The molecule has 0 spiro atoms. The summed E-state index contributed by atoms with van der Waals surface area (Å²) in [5, 5.41) is 3.18. The van der Waals surface area contributed by atoms with Crippen LogP contribution in [0, 0.1) is 5.82 Å². The van der Waals surface area contributed by atoms with Crippen LogP contribution in [0.5, 0.6) is 0 Å². The van der Waals surface area contributed by atoms with Crippen molar-refractivity contribution in [2.75, 3.05) is 7.05 Å². The van der Waals surface area contributed by atoms with Gasteiger partial charge in [0.1, 0.15) is 5.82 Å². The first-order chi connectivity index (χ1) is 9.20. The molecule has 0 aliphatic carbocycles. The molecule has 1 heterocycles. The van der Waals surface area contributed by atoms with E-state index in [9.17, 15) is 4.39 Å². The fourth-order valence-electron chi connectivity index (χ4n) is 2.09. The zero-order valence-electron chi connectivity index (χ0n) is 10.7. The molecule has 2 aromatic rings. The maximum Gasteiger partial charge on any atom is 0.128 e. The Bertz CT molecular complexity index is 531. The van der Waals surface area contributed by atoms with Crippen LogP contribution in [-0.2, 0) is 6.42 Å². The van der Waals surface area contributed by atoms with Crippen LogP contribution >= 0.6 is 15.9 Å². The number of aryl methyl sites for hydroxylation is 1. The second-order valence-electron chi connectivity index (χ2n) is 4.41. The molecule has 0 saturated carbocycles. The average Bonchev–Trinajstić information content (AvgIpc) is 2.44. The van der Waals surface area contributed by atoms with Crippen LogP contribution in [0.3, 0.4) is 0 Å². The number of nitrogens with zero attached hydrogens (tertiary/aromatic N) is 1. The van der Waals surface area contributed by atoms with Crippen LogP contribution in [0.2, 0.25) is 0 Å². The molecule has 2 rings (SSSR count). The van der Waals surface area contributed by atoms with Gasteiger partial charge in [-0.1, -0.05) is 22.0 Å². The van der Waals surface area contributed by atoms with Gasteiger partial charge in [-0.2, -0.15) is 0 Å². The first-order valence-corrected chi connectivity index (χ1v) is 7.01. The van der Waals surface area contributed by atoms with Gasteiger partial charge in [0, 0.05) is 28.5 Å². The fourth-order valence-corrected chi connectivity index (χ4v) is 2.47. The van der Waals surface area contributed by atoms with E-state index in [1.54, 1.807) is 12.3 Å². The summed E-state index contributed by atoms with van der Waals surface area (Å²) in [5.74, 6) is -0.172. The number of hydrogen-bond donors (Lipinski definition) is 1. The molecule has 4 heteroatoms. The molecule has 0 saturated heterocycles. The van der Waals surface area contributed by atoms with E-state index in [1.807, 2.05) is 31.4 Å². The van der Waals surface area contributed by atoms with Crippen molar-refractivity contribution in [1.82, 2.24) is 10.3 Å². The van der Waals surface area contributed by atoms with Gasteiger partial charge >= 0.3 is 0 Å². The Morgan fingerprint density at radius 2 is 2.21 bits per heavy atom. The highest BCUT2D eigenvalue weighted by atomic mass is 79.9. The molecule has 0 amide bonds. The molecule has 0 aliphatic heterocycles. The highest BCUT2D eigenvalue weighted by Gasteiger charge is 2.14. The molecule has 0 fully saturated rings. The number of rotatable bonds is 5. The lowest BCUT2D eigenvalue weighted by molar-refractivity contribution is 0.508. The maximum atomic E-state index is 13.9. The second-order valence-corrected chi connectivity index (χ2v) is 5.32. The molecule has 1 N–H and O–H groups in total. The van der Waals surface area contributed by atoms with Crippen molar-refractivity contribution in [2.45, 2.75) is 18.9 Å². The summed E-state index contributed by atoms with van der Waals surface area (Å²) in [6, 6.07) is 9.00. The smallest absolute Gasteiger partial charge is 0.128 e. The number of hydrogen-bond acceptors (Lipinski definition) is 2. The van der Waals surface area contributed by atoms with Crippen LogP contribution in [-0.4, -0.2) is 12.0 Å². The summed E-state index contributed by atoms with van der Waals surface area (Å²) in [4.78, 5) is 4.09. The Morgan fingerprint density at radius 1 is 1.37 bits per heavy atom. The summed E-state index contributed by atoms with van der Waals surface area (Å²) in [5.41, 5.74) is 1.86. The van der Waals surface area contributed by atoms with E-state index in [-0.39, 0.29) is 11.9 Å². The Balaban J connectivity index is 2.10. The van der Waals surface area contributed by atoms with Gasteiger partial charge < -0.3 is 5.32 Å². The van der Waals surface area contributed by atoms with Crippen molar-refractivity contribution >= 4 is 15.9 Å². The van der Waals surface area contributed by atoms with Crippen LogP contribution in [0.4, 0.5) is 4.39 Å². The number of pyridine rings is 1. The third-order valence-electron chi connectivity index (χ3n) is 3.13. The zero-order valence-corrected chi connectivity index (χ0v) is 12.3. The van der Waals surface area contributed by atoms with Crippen molar-refractivity contribution in [3.05, 3.63) is 64.1 Å². The Labute approximate surface area is 121 Å². The van der Waals surface area contributed by atoms with Gasteiger partial charge in [-0.25, -0.2) is 4.39 Å². The lowest BCUT2D eigenvalue weighted by Crippen LogP contribution is -2.18. The fraction of sp³-hybridized carbons (Fsp3) is 0.267. The molecule has 1 aromatic carbocycles. The Morgan fingerprint density at radius 3 is 2.89 bits per heavy atom. The third kappa shape index (κ3) is 3.85. The van der Waals surface area contributed by atoms with Crippen LogP contribution in [0.15, 0.2) is 47.2 Å². The van der Waals surface area contributed by atoms with Gasteiger partial charge in [-0.3, -0.25) is 4.98 Å². The van der Waals surface area contributed by atoms with E-state index in [1.165, 1.54) is 6.07 Å². The minimum absolute atomic E-state index is 0.00212. The van der Waals surface area contributed by atoms with E-state index < -0.39 is 0 Å². The standard InChI is InChI=1S/C15H16BrFN2/c1-18-15(7-4-11-3-2-8-19-10-11)13-9-12(16)5-6-14(13)17/h2-3,5-6,8-10,15,18H,4,7H2,1H3. The van der Waals surface area contributed by atoms with E-state index in [0.717, 1.165) is 22.9 Å². The van der Waals surface area contributed by atoms with Crippen LogP contribution in [0.1, 0.15) is 23.6 Å². The first-order valence-electron chi connectivity index (χ1n) is 6.22. The molecular weight excluding hydrogens is 307 g/mol. The minimum Gasteiger partial charge on any atom is -0.313 e. The SMILES string of the molecule is CNC(CCc1cccnc1)c1cc(Br)ccc1F. The molecular formula is C15H16BrFN2. The molecule has 2 nitrogen and oxygen atoms in total. The summed E-state index contributed by atoms with van der Waals surface area (Å²) < 4.78 is 14.8. The number of nitrogens with one attached hydrogen (secondary N) is 1. The zero-order chi connectivity index (χ0) is 13.7. The summed E-state index contributed by atoms with van der Waals surface area (Å²) >= 11 is 3.39. The topological polar surface area (TPSA) is 24.9 Å². The van der Waals surface area contributed by atoms with Crippen molar-refractivity contribution < 1.29 is 4.39 Å². The van der Waals surface area contributed by atoms with Gasteiger partial charge in [0.2, 0.25) is 0 Å². The minimum atomic E-state index is -0.172. The number of aromatic nitrogens is 1. The predicted molar refractivity (Wildman–Crippen MR) is 78.5 cm³/mol.